The van der Waals surface area contributed by atoms with E-state index in [-0.39, 0.29) is 0 Å². The average Bonchev–Trinajstić information content (AvgIpc) is 2.14. The van der Waals surface area contributed by atoms with Gasteiger partial charge in [0, 0.05) is 12.2 Å². The number of pyridine rings is 1. The molecule has 0 saturated heterocycles. The van der Waals surface area contributed by atoms with Crippen molar-refractivity contribution in [3.8, 4) is 0 Å². The molecule has 0 aromatic carbocycles. The maximum atomic E-state index is 5.77. The molecule has 3 heteroatoms. The molecule has 1 saturated carbocycles. The predicted octanol–water partition coefficient (Wildman–Crippen LogP) is 1.87. The monoisotopic (exact) mass is 177 g/mol. The molecule has 0 bridgehead atoms. The Morgan fingerprint density at radius 1 is 1.54 bits per heavy atom. The van der Waals surface area contributed by atoms with Gasteiger partial charge in [-0.25, -0.2) is 0 Å². The Balaban J connectivity index is 2.05. The lowest BCUT2D eigenvalue weighted by Crippen LogP contribution is -2.36. The van der Waals surface area contributed by atoms with Crippen LogP contribution < -0.4 is 11.1 Å². The van der Waals surface area contributed by atoms with E-state index in [1.54, 1.807) is 12.4 Å². The normalized spacial score (nSPS) is 26.5. The molecule has 0 aliphatic heterocycles. The van der Waals surface area contributed by atoms with Crippen LogP contribution in [0.15, 0.2) is 18.5 Å². The van der Waals surface area contributed by atoms with Crippen molar-refractivity contribution in [2.75, 3.05) is 11.1 Å². The number of nitrogens with two attached hydrogens (primary N) is 1. The highest BCUT2D eigenvalue weighted by molar-refractivity contribution is 5.64. The molecule has 3 nitrogen and oxygen atoms in total. The standard InChI is InChI=1S/C10H15N3/c1-7-2-3-9(7)13-10-4-5-12-6-8(10)11/h4-7,9H,2-3,11H2,1H3,(H,12,13). The van der Waals surface area contributed by atoms with Crippen molar-refractivity contribution < 1.29 is 0 Å². The van der Waals surface area contributed by atoms with Gasteiger partial charge in [0.1, 0.15) is 0 Å². The van der Waals surface area contributed by atoms with E-state index in [9.17, 15) is 0 Å². The average molecular weight is 177 g/mol. The smallest absolute Gasteiger partial charge is 0.0736 e. The fourth-order valence-electron chi connectivity index (χ4n) is 1.62. The van der Waals surface area contributed by atoms with Gasteiger partial charge >= 0.3 is 0 Å². The molecular formula is C10H15N3. The first-order valence-corrected chi connectivity index (χ1v) is 4.73. The van der Waals surface area contributed by atoms with Crippen molar-refractivity contribution in [2.24, 2.45) is 5.92 Å². The molecule has 0 spiro atoms. The van der Waals surface area contributed by atoms with E-state index in [1.165, 1.54) is 12.8 Å². The van der Waals surface area contributed by atoms with Gasteiger partial charge in [0.25, 0.3) is 0 Å². The van der Waals surface area contributed by atoms with Crippen LogP contribution in [-0.2, 0) is 0 Å². The molecule has 2 atom stereocenters. The van der Waals surface area contributed by atoms with E-state index in [0.29, 0.717) is 6.04 Å². The minimum atomic E-state index is 0.602. The number of anilines is 2. The number of rotatable bonds is 2. The lowest BCUT2D eigenvalue weighted by Gasteiger charge is -2.35. The molecule has 1 fully saturated rings. The third-order valence-electron chi connectivity index (χ3n) is 2.81. The zero-order chi connectivity index (χ0) is 9.26. The molecule has 2 rings (SSSR count). The maximum Gasteiger partial charge on any atom is 0.0736 e. The summed E-state index contributed by atoms with van der Waals surface area (Å²) in [5.74, 6) is 0.771. The minimum absolute atomic E-state index is 0.602. The van der Waals surface area contributed by atoms with Crippen LogP contribution in [0, 0.1) is 5.92 Å². The lowest BCUT2D eigenvalue weighted by molar-refractivity contribution is 0.303. The van der Waals surface area contributed by atoms with Gasteiger partial charge < -0.3 is 11.1 Å². The first kappa shape index (κ1) is 8.35. The van der Waals surface area contributed by atoms with Crippen molar-refractivity contribution >= 4 is 11.4 Å². The summed E-state index contributed by atoms with van der Waals surface area (Å²) in [4.78, 5) is 3.95. The Hall–Kier alpha value is -1.25. The van der Waals surface area contributed by atoms with Crippen molar-refractivity contribution in [2.45, 2.75) is 25.8 Å². The van der Waals surface area contributed by atoms with E-state index in [2.05, 4.69) is 17.2 Å². The minimum Gasteiger partial charge on any atom is -0.396 e. The zero-order valence-electron chi connectivity index (χ0n) is 7.83. The summed E-state index contributed by atoms with van der Waals surface area (Å²) in [5.41, 5.74) is 7.53. The molecule has 1 aromatic rings. The van der Waals surface area contributed by atoms with Gasteiger partial charge in [-0.3, -0.25) is 4.98 Å². The second-order valence-electron chi connectivity index (χ2n) is 3.77. The second kappa shape index (κ2) is 3.24. The van der Waals surface area contributed by atoms with Crippen LogP contribution in [0.25, 0.3) is 0 Å². The Labute approximate surface area is 78.4 Å². The van der Waals surface area contributed by atoms with E-state index >= 15 is 0 Å². The van der Waals surface area contributed by atoms with Crippen LogP contribution in [0.3, 0.4) is 0 Å². The van der Waals surface area contributed by atoms with Gasteiger partial charge in [-0.2, -0.15) is 0 Å². The Kier molecular flexibility index (Phi) is 2.08. The highest BCUT2D eigenvalue weighted by atomic mass is 15.0. The van der Waals surface area contributed by atoms with Gasteiger partial charge in [0.15, 0.2) is 0 Å². The van der Waals surface area contributed by atoms with Crippen LogP contribution >= 0.6 is 0 Å². The fourth-order valence-corrected chi connectivity index (χ4v) is 1.62. The SMILES string of the molecule is CC1CCC1Nc1ccncc1N. The molecule has 13 heavy (non-hydrogen) atoms. The molecule has 3 N–H and O–H groups in total. The maximum absolute atomic E-state index is 5.77. The topological polar surface area (TPSA) is 50.9 Å². The van der Waals surface area contributed by atoms with E-state index < -0.39 is 0 Å². The van der Waals surface area contributed by atoms with Crippen LogP contribution in [0.4, 0.5) is 11.4 Å². The summed E-state index contributed by atoms with van der Waals surface area (Å²) in [6.07, 6.45) is 6.03. The zero-order valence-corrected chi connectivity index (χ0v) is 7.83. The number of aromatic nitrogens is 1. The molecule has 70 valence electrons. The molecular weight excluding hydrogens is 162 g/mol. The van der Waals surface area contributed by atoms with Gasteiger partial charge in [0.2, 0.25) is 0 Å². The Bertz CT molecular complexity index is 298. The fraction of sp³-hybridized carbons (Fsp3) is 0.500. The number of nitrogens with zero attached hydrogens (tertiary/aromatic N) is 1. The molecule has 1 aliphatic carbocycles. The quantitative estimate of drug-likeness (QED) is 0.725. The van der Waals surface area contributed by atoms with E-state index in [0.717, 1.165) is 17.3 Å². The molecule has 0 radical (unpaired) electrons. The second-order valence-corrected chi connectivity index (χ2v) is 3.77. The summed E-state index contributed by atoms with van der Waals surface area (Å²) < 4.78 is 0. The van der Waals surface area contributed by atoms with Gasteiger partial charge in [0.05, 0.1) is 17.6 Å². The third-order valence-corrected chi connectivity index (χ3v) is 2.81. The number of hydrogen-bond donors (Lipinski definition) is 2. The highest BCUT2D eigenvalue weighted by Gasteiger charge is 2.26. The first-order chi connectivity index (χ1) is 6.27. The molecule has 0 amide bonds. The summed E-state index contributed by atoms with van der Waals surface area (Å²) in [7, 11) is 0. The largest absolute Gasteiger partial charge is 0.396 e. The molecule has 1 aliphatic rings. The van der Waals surface area contributed by atoms with Crippen molar-refractivity contribution in [1.82, 2.24) is 4.98 Å². The number of nitrogens with one attached hydrogen (secondary N) is 1. The van der Waals surface area contributed by atoms with Gasteiger partial charge in [-0.1, -0.05) is 6.92 Å². The summed E-state index contributed by atoms with van der Waals surface area (Å²) >= 11 is 0. The van der Waals surface area contributed by atoms with Gasteiger partial charge in [-0.15, -0.1) is 0 Å². The molecule has 1 heterocycles. The van der Waals surface area contributed by atoms with E-state index in [4.69, 9.17) is 5.73 Å². The third kappa shape index (κ3) is 1.59. The Morgan fingerprint density at radius 2 is 2.38 bits per heavy atom. The van der Waals surface area contributed by atoms with Crippen LogP contribution in [-0.4, -0.2) is 11.0 Å². The first-order valence-electron chi connectivity index (χ1n) is 4.73. The predicted molar refractivity (Wildman–Crippen MR) is 54.5 cm³/mol. The van der Waals surface area contributed by atoms with Crippen LogP contribution in [0.2, 0.25) is 0 Å². The highest BCUT2D eigenvalue weighted by Crippen LogP contribution is 2.30. The molecule has 2 unspecified atom stereocenters. The van der Waals surface area contributed by atoms with Crippen molar-refractivity contribution in [3.05, 3.63) is 18.5 Å². The van der Waals surface area contributed by atoms with Crippen LogP contribution in [0.1, 0.15) is 19.8 Å². The van der Waals surface area contributed by atoms with Crippen LogP contribution in [0.5, 0.6) is 0 Å². The van der Waals surface area contributed by atoms with Crippen molar-refractivity contribution in [1.29, 1.82) is 0 Å². The molecule has 1 aromatic heterocycles. The summed E-state index contributed by atoms with van der Waals surface area (Å²) in [6.45, 7) is 2.26. The van der Waals surface area contributed by atoms with Gasteiger partial charge in [-0.05, 0) is 24.8 Å². The number of nitrogen functional groups attached to an aromatic ring is 1. The van der Waals surface area contributed by atoms with Crippen molar-refractivity contribution in [3.63, 3.8) is 0 Å². The van der Waals surface area contributed by atoms with E-state index in [1.807, 2.05) is 6.07 Å². The summed E-state index contributed by atoms with van der Waals surface area (Å²) in [6, 6.07) is 2.53. The summed E-state index contributed by atoms with van der Waals surface area (Å²) in [5, 5.41) is 3.43. The Morgan fingerprint density at radius 3 is 2.92 bits per heavy atom. The lowest BCUT2D eigenvalue weighted by atomic mass is 9.81. The number of hydrogen-bond acceptors (Lipinski definition) is 3.